The number of nitrogens with zero attached hydrogens (tertiary/aromatic N) is 1. The van der Waals surface area contributed by atoms with Crippen LogP contribution in [0.2, 0.25) is 0 Å². The van der Waals surface area contributed by atoms with Gasteiger partial charge >= 0.3 is 12.0 Å². The first-order chi connectivity index (χ1) is 13.9. The summed E-state index contributed by atoms with van der Waals surface area (Å²) in [7, 11) is 0. The van der Waals surface area contributed by atoms with Crippen molar-refractivity contribution in [3.63, 3.8) is 0 Å². The number of ether oxygens (including phenoxy) is 1. The molecule has 1 aliphatic rings. The average Bonchev–Trinajstić information content (AvgIpc) is 2.98. The van der Waals surface area contributed by atoms with Gasteiger partial charge in [-0.25, -0.2) is 9.59 Å². The normalized spacial score (nSPS) is 18.3. The van der Waals surface area contributed by atoms with Crippen LogP contribution in [0, 0.1) is 0 Å². The van der Waals surface area contributed by atoms with E-state index in [1.165, 1.54) is 18.3 Å². The summed E-state index contributed by atoms with van der Waals surface area (Å²) in [6.45, 7) is 0.949. The number of nitrogens with one attached hydrogen (secondary N) is 3. The fraction of sp³-hybridized carbons (Fsp3) is 0.211. The maximum Gasteiger partial charge on any atom is 0.344 e. The van der Waals surface area contributed by atoms with Gasteiger partial charge < -0.3 is 15.0 Å². The number of carbonyl (C=O) groups is 4. The summed E-state index contributed by atoms with van der Waals surface area (Å²) in [6, 6.07) is 10.5. The molecular weight excluding hydrogens is 380 g/mol. The molecule has 0 radical (unpaired) electrons. The molecule has 1 aliphatic heterocycles. The molecule has 1 aromatic carbocycles. The molecule has 10 nitrogen and oxygen atoms in total. The van der Waals surface area contributed by atoms with E-state index >= 15 is 0 Å². The first kappa shape index (κ1) is 19.8. The van der Waals surface area contributed by atoms with E-state index in [1.54, 1.807) is 37.3 Å². The highest BCUT2D eigenvalue weighted by Gasteiger charge is 2.52. The summed E-state index contributed by atoms with van der Waals surface area (Å²) in [5.74, 6) is -2.57. The minimum Gasteiger partial charge on any atom is -0.452 e. The monoisotopic (exact) mass is 398 g/mol. The third-order valence-electron chi connectivity index (χ3n) is 4.50. The van der Waals surface area contributed by atoms with Crippen molar-refractivity contribution in [1.29, 1.82) is 0 Å². The molecule has 1 saturated heterocycles. The van der Waals surface area contributed by atoms with Crippen LogP contribution < -0.4 is 16.3 Å². The molecule has 29 heavy (non-hydrogen) atoms. The minimum atomic E-state index is -1.31. The Morgan fingerprint density at radius 1 is 1.10 bits per heavy atom. The third kappa shape index (κ3) is 3.72. The summed E-state index contributed by atoms with van der Waals surface area (Å²) in [5, 5.41) is 3.16. The highest BCUT2D eigenvalue weighted by molar-refractivity contribution is 6.08. The van der Waals surface area contributed by atoms with Gasteiger partial charge in [-0.2, -0.15) is 5.01 Å². The molecule has 2 aromatic rings. The number of hydrazine groups is 1. The maximum absolute atomic E-state index is 12.9. The largest absolute Gasteiger partial charge is 0.452 e. The number of imide groups is 1. The minimum absolute atomic E-state index is 0.264. The van der Waals surface area contributed by atoms with Crippen LogP contribution in [-0.2, 0) is 19.9 Å². The molecule has 1 atom stereocenters. The molecule has 3 N–H and O–H groups in total. The molecule has 10 heteroatoms. The SMILES string of the molecule is CC[C@@]1(c2ccccc2)NC(=O)N(NC(=O)COC(=O)c2ccc[nH]c2=O)C1=O. The van der Waals surface area contributed by atoms with Crippen molar-refractivity contribution >= 4 is 23.8 Å². The zero-order chi connectivity index (χ0) is 21.0. The molecule has 4 amide bonds. The van der Waals surface area contributed by atoms with E-state index in [1.807, 2.05) is 0 Å². The predicted molar refractivity (Wildman–Crippen MR) is 99.3 cm³/mol. The Kier molecular flexibility index (Phi) is 5.44. The van der Waals surface area contributed by atoms with Crippen molar-refractivity contribution in [2.24, 2.45) is 0 Å². The number of hydrogen-bond acceptors (Lipinski definition) is 6. The Balaban J connectivity index is 1.67. The molecule has 0 saturated carbocycles. The standard InChI is InChI=1S/C19H18N4O6/c1-2-19(12-7-4-3-5-8-12)17(27)23(18(28)21-19)22-14(24)11-29-16(26)13-9-6-10-20-15(13)25/h3-10H,2,11H2,1H3,(H,20,25)(H,21,28)(H,22,24)/t19-/m0/s1. The molecule has 3 rings (SSSR count). The Morgan fingerprint density at radius 2 is 1.83 bits per heavy atom. The fourth-order valence-corrected chi connectivity index (χ4v) is 2.99. The molecule has 0 unspecified atom stereocenters. The number of H-pyrrole nitrogens is 1. The van der Waals surface area contributed by atoms with Crippen LogP contribution in [0.1, 0.15) is 29.3 Å². The Bertz CT molecular complexity index is 1020. The summed E-state index contributed by atoms with van der Waals surface area (Å²) in [5.41, 5.74) is 0.461. The van der Waals surface area contributed by atoms with Crippen molar-refractivity contribution in [1.82, 2.24) is 20.7 Å². The third-order valence-corrected chi connectivity index (χ3v) is 4.50. The lowest BCUT2D eigenvalue weighted by Crippen LogP contribution is -2.49. The van der Waals surface area contributed by atoms with Gasteiger partial charge in [0.2, 0.25) is 0 Å². The molecule has 1 aromatic heterocycles. The second-order valence-corrected chi connectivity index (χ2v) is 6.22. The number of benzene rings is 1. The Hall–Kier alpha value is -3.95. The number of carbonyl (C=O) groups excluding carboxylic acids is 4. The lowest BCUT2D eigenvalue weighted by molar-refractivity contribution is -0.140. The smallest absolute Gasteiger partial charge is 0.344 e. The average molecular weight is 398 g/mol. The van der Waals surface area contributed by atoms with Gasteiger partial charge in [-0.15, -0.1) is 0 Å². The van der Waals surface area contributed by atoms with Crippen LogP contribution in [0.4, 0.5) is 4.79 Å². The number of aromatic amines is 1. The lowest BCUT2D eigenvalue weighted by atomic mass is 9.87. The highest BCUT2D eigenvalue weighted by Crippen LogP contribution is 2.31. The van der Waals surface area contributed by atoms with Gasteiger partial charge in [0.1, 0.15) is 11.1 Å². The predicted octanol–water partition coefficient (Wildman–Crippen LogP) is 0.420. The van der Waals surface area contributed by atoms with E-state index < -0.39 is 41.5 Å². The Labute approximate surface area is 164 Å². The molecule has 0 bridgehead atoms. The van der Waals surface area contributed by atoms with E-state index in [9.17, 15) is 24.0 Å². The van der Waals surface area contributed by atoms with E-state index in [0.717, 1.165) is 0 Å². The van der Waals surface area contributed by atoms with E-state index in [0.29, 0.717) is 10.6 Å². The second kappa shape index (κ2) is 7.97. The summed E-state index contributed by atoms with van der Waals surface area (Å²) >= 11 is 0. The number of amides is 4. The summed E-state index contributed by atoms with van der Waals surface area (Å²) < 4.78 is 4.77. The van der Waals surface area contributed by atoms with Crippen LogP contribution in [0.25, 0.3) is 0 Å². The zero-order valence-electron chi connectivity index (χ0n) is 15.4. The fourth-order valence-electron chi connectivity index (χ4n) is 2.99. The van der Waals surface area contributed by atoms with E-state index in [4.69, 9.17) is 4.74 Å². The molecule has 150 valence electrons. The van der Waals surface area contributed by atoms with Crippen LogP contribution in [-0.4, -0.2) is 40.4 Å². The number of rotatable bonds is 6. The number of esters is 1. The summed E-state index contributed by atoms with van der Waals surface area (Å²) in [4.78, 5) is 63.0. The molecule has 0 aliphatic carbocycles. The molecule has 2 heterocycles. The van der Waals surface area contributed by atoms with Crippen molar-refractivity contribution in [3.8, 4) is 0 Å². The van der Waals surface area contributed by atoms with Crippen molar-refractivity contribution in [2.75, 3.05) is 6.61 Å². The number of urea groups is 1. The maximum atomic E-state index is 12.9. The quantitative estimate of drug-likeness (QED) is 0.476. The van der Waals surface area contributed by atoms with Gasteiger partial charge in [0, 0.05) is 6.20 Å². The molecule has 1 fully saturated rings. The Morgan fingerprint density at radius 3 is 2.48 bits per heavy atom. The van der Waals surface area contributed by atoms with Crippen LogP contribution in [0.3, 0.4) is 0 Å². The summed E-state index contributed by atoms with van der Waals surface area (Å²) in [6.07, 6.45) is 1.61. The van der Waals surface area contributed by atoms with Crippen LogP contribution >= 0.6 is 0 Å². The van der Waals surface area contributed by atoms with Gasteiger partial charge in [-0.1, -0.05) is 37.3 Å². The first-order valence-corrected chi connectivity index (χ1v) is 8.75. The van der Waals surface area contributed by atoms with Crippen molar-refractivity contribution in [2.45, 2.75) is 18.9 Å². The van der Waals surface area contributed by atoms with Crippen LogP contribution in [0.15, 0.2) is 53.5 Å². The van der Waals surface area contributed by atoms with Gasteiger partial charge in [0.15, 0.2) is 6.61 Å². The van der Waals surface area contributed by atoms with Crippen LogP contribution in [0.5, 0.6) is 0 Å². The van der Waals surface area contributed by atoms with Crippen molar-refractivity contribution in [3.05, 3.63) is 70.1 Å². The second-order valence-electron chi connectivity index (χ2n) is 6.22. The van der Waals surface area contributed by atoms with Crippen molar-refractivity contribution < 1.29 is 23.9 Å². The highest BCUT2D eigenvalue weighted by atomic mass is 16.5. The number of aromatic nitrogens is 1. The van der Waals surface area contributed by atoms with Gasteiger partial charge in [0.25, 0.3) is 17.4 Å². The van der Waals surface area contributed by atoms with E-state index in [2.05, 4.69) is 15.7 Å². The zero-order valence-corrected chi connectivity index (χ0v) is 15.4. The van der Waals surface area contributed by atoms with Gasteiger partial charge in [0.05, 0.1) is 0 Å². The molecular formula is C19H18N4O6. The first-order valence-electron chi connectivity index (χ1n) is 8.75. The van der Waals surface area contributed by atoms with E-state index in [-0.39, 0.29) is 12.0 Å². The van der Waals surface area contributed by atoms with Gasteiger partial charge in [-0.3, -0.25) is 19.8 Å². The topological polar surface area (TPSA) is 138 Å². The lowest BCUT2D eigenvalue weighted by Gasteiger charge is -2.25. The number of hydrogen-bond donors (Lipinski definition) is 3. The molecule has 0 spiro atoms. The number of pyridine rings is 1. The van der Waals surface area contributed by atoms with Gasteiger partial charge in [-0.05, 0) is 24.1 Å².